The van der Waals surface area contributed by atoms with Gasteiger partial charge in [0, 0.05) is 18.8 Å². The molecular weight excluding hydrogens is 224 g/mol. The smallest absolute Gasteiger partial charge is 0.151 e. The van der Waals surface area contributed by atoms with Crippen molar-refractivity contribution >= 4 is 11.5 Å². The van der Waals surface area contributed by atoms with Crippen molar-refractivity contribution in [2.24, 2.45) is 0 Å². The van der Waals surface area contributed by atoms with E-state index < -0.39 is 0 Å². The number of benzene rings is 1. The number of nitrogens with zero attached hydrogens (tertiary/aromatic N) is 3. The van der Waals surface area contributed by atoms with E-state index in [4.69, 9.17) is 5.73 Å². The van der Waals surface area contributed by atoms with Crippen molar-refractivity contribution in [2.75, 3.05) is 17.2 Å². The Labute approximate surface area is 106 Å². The highest BCUT2D eigenvalue weighted by Crippen LogP contribution is 2.24. The number of hydrogen-bond acceptors (Lipinski definition) is 4. The monoisotopic (exact) mass is 240 g/mol. The summed E-state index contributed by atoms with van der Waals surface area (Å²) in [6.45, 7) is 3.79. The molecule has 0 bridgehead atoms. The van der Waals surface area contributed by atoms with E-state index in [9.17, 15) is 0 Å². The predicted octanol–water partition coefficient (Wildman–Crippen LogP) is 1.93. The van der Waals surface area contributed by atoms with E-state index in [1.807, 2.05) is 25.1 Å². The van der Waals surface area contributed by atoms with Crippen LogP contribution in [0.3, 0.4) is 0 Å². The molecule has 92 valence electrons. The lowest BCUT2D eigenvalue weighted by molar-refractivity contribution is 0.711. The second-order valence-electron chi connectivity index (χ2n) is 4.73. The van der Waals surface area contributed by atoms with Crippen LogP contribution in [-0.2, 0) is 13.0 Å². The number of nitrogen functional groups attached to an aromatic ring is 1. The highest BCUT2D eigenvalue weighted by Gasteiger charge is 2.17. The summed E-state index contributed by atoms with van der Waals surface area (Å²) in [5.41, 5.74) is 10.3. The van der Waals surface area contributed by atoms with Gasteiger partial charge in [0.1, 0.15) is 0 Å². The van der Waals surface area contributed by atoms with Crippen LogP contribution >= 0.6 is 0 Å². The van der Waals surface area contributed by atoms with Gasteiger partial charge in [-0.05, 0) is 48.7 Å². The Bertz CT molecular complexity index is 563. The second kappa shape index (κ2) is 4.29. The summed E-state index contributed by atoms with van der Waals surface area (Å²) in [5.74, 6) is 0.939. The molecular formula is C14H16N4. The number of anilines is 2. The summed E-state index contributed by atoms with van der Waals surface area (Å²) in [4.78, 5) is 2.24. The Morgan fingerprint density at radius 3 is 2.78 bits per heavy atom. The number of fused-ring (bicyclic) bond motifs is 1. The molecule has 0 amide bonds. The van der Waals surface area contributed by atoms with Gasteiger partial charge in [0.15, 0.2) is 5.82 Å². The third-order valence-corrected chi connectivity index (χ3v) is 3.35. The van der Waals surface area contributed by atoms with Crippen molar-refractivity contribution in [1.29, 1.82) is 0 Å². The number of rotatable bonds is 1. The standard InChI is InChI=1S/C14H16N4/c1-10-2-5-14(17-16-10)18-7-6-11-3-4-13(15)8-12(11)9-18/h2-5,8H,6-7,9,15H2,1H3. The molecule has 0 fully saturated rings. The minimum Gasteiger partial charge on any atom is -0.399 e. The molecule has 1 aromatic heterocycles. The minimum atomic E-state index is 0.825. The van der Waals surface area contributed by atoms with E-state index in [0.717, 1.165) is 36.7 Å². The molecule has 1 aromatic carbocycles. The molecule has 4 heteroatoms. The zero-order valence-corrected chi connectivity index (χ0v) is 10.4. The first-order chi connectivity index (χ1) is 8.72. The van der Waals surface area contributed by atoms with Crippen molar-refractivity contribution in [3.8, 4) is 0 Å². The molecule has 0 atom stereocenters. The van der Waals surface area contributed by atoms with Gasteiger partial charge in [-0.25, -0.2) is 0 Å². The molecule has 4 nitrogen and oxygen atoms in total. The maximum atomic E-state index is 5.84. The van der Waals surface area contributed by atoms with Crippen LogP contribution in [0.25, 0.3) is 0 Å². The molecule has 0 saturated heterocycles. The molecule has 2 N–H and O–H groups in total. The summed E-state index contributed by atoms with van der Waals surface area (Å²) in [7, 11) is 0. The van der Waals surface area contributed by atoms with Crippen molar-refractivity contribution in [2.45, 2.75) is 19.9 Å². The molecule has 0 saturated carbocycles. The summed E-state index contributed by atoms with van der Waals surface area (Å²) >= 11 is 0. The number of nitrogens with two attached hydrogens (primary N) is 1. The maximum Gasteiger partial charge on any atom is 0.151 e. The van der Waals surface area contributed by atoms with E-state index in [-0.39, 0.29) is 0 Å². The van der Waals surface area contributed by atoms with Crippen molar-refractivity contribution in [3.05, 3.63) is 47.2 Å². The van der Waals surface area contributed by atoms with Gasteiger partial charge >= 0.3 is 0 Å². The average molecular weight is 240 g/mol. The van der Waals surface area contributed by atoms with Gasteiger partial charge in [-0.2, -0.15) is 5.10 Å². The Morgan fingerprint density at radius 2 is 2.00 bits per heavy atom. The third kappa shape index (κ3) is 2.01. The van der Waals surface area contributed by atoms with Crippen LogP contribution in [0.4, 0.5) is 11.5 Å². The molecule has 0 radical (unpaired) electrons. The first kappa shape index (κ1) is 11.0. The van der Waals surface area contributed by atoms with Gasteiger partial charge in [0.25, 0.3) is 0 Å². The summed E-state index contributed by atoms with van der Waals surface area (Å²) < 4.78 is 0. The van der Waals surface area contributed by atoms with Gasteiger partial charge in [-0.15, -0.1) is 5.10 Å². The van der Waals surface area contributed by atoms with E-state index in [2.05, 4.69) is 27.2 Å². The molecule has 3 rings (SSSR count). The van der Waals surface area contributed by atoms with Gasteiger partial charge < -0.3 is 10.6 Å². The summed E-state index contributed by atoms with van der Waals surface area (Å²) in [5, 5.41) is 8.35. The van der Waals surface area contributed by atoms with E-state index >= 15 is 0 Å². The molecule has 18 heavy (non-hydrogen) atoms. The van der Waals surface area contributed by atoms with E-state index in [1.54, 1.807) is 0 Å². The third-order valence-electron chi connectivity index (χ3n) is 3.35. The van der Waals surface area contributed by atoms with Crippen molar-refractivity contribution in [1.82, 2.24) is 10.2 Å². The zero-order valence-electron chi connectivity index (χ0n) is 10.4. The Kier molecular flexibility index (Phi) is 2.63. The Hall–Kier alpha value is -2.10. The lowest BCUT2D eigenvalue weighted by Gasteiger charge is -2.29. The highest BCUT2D eigenvalue weighted by molar-refractivity contribution is 5.49. The van der Waals surface area contributed by atoms with Crippen LogP contribution in [0.1, 0.15) is 16.8 Å². The normalized spacial score (nSPS) is 14.4. The van der Waals surface area contributed by atoms with Crippen LogP contribution in [0, 0.1) is 6.92 Å². The SMILES string of the molecule is Cc1ccc(N2CCc3ccc(N)cc3C2)nn1. The predicted molar refractivity (Wildman–Crippen MR) is 72.4 cm³/mol. The minimum absolute atomic E-state index is 0.825. The van der Waals surface area contributed by atoms with Gasteiger partial charge in [0.05, 0.1) is 5.69 Å². The Balaban J connectivity index is 1.88. The van der Waals surface area contributed by atoms with Gasteiger partial charge in [0.2, 0.25) is 0 Å². The highest BCUT2D eigenvalue weighted by atomic mass is 15.3. The first-order valence-electron chi connectivity index (χ1n) is 6.15. The molecule has 0 spiro atoms. The largest absolute Gasteiger partial charge is 0.399 e. The van der Waals surface area contributed by atoms with Crippen molar-refractivity contribution < 1.29 is 0 Å². The fourth-order valence-electron chi connectivity index (χ4n) is 2.33. The molecule has 1 aliphatic heterocycles. The summed E-state index contributed by atoms with van der Waals surface area (Å²) in [6, 6.07) is 10.2. The van der Waals surface area contributed by atoms with Crippen LogP contribution in [0.15, 0.2) is 30.3 Å². The van der Waals surface area contributed by atoms with Crippen LogP contribution in [-0.4, -0.2) is 16.7 Å². The van der Waals surface area contributed by atoms with Crippen LogP contribution in [0.2, 0.25) is 0 Å². The zero-order chi connectivity index (χ0) is 12.5. The second-order valence-corrected chi connectivity index (χ2v) is 4.73. The number of aryl methyl sites for hydroxylation is 1. The number of aromatic nitrogens is 2. The topological polar surface area (TPSA) is 55.0 Å². The molecule has 1 aliphatic rings. The fraction of sp³-hybridized carbons (Fsp3) is 0.286. The molecule has 2 heterocycles. The molecule has 0 unspecified atom stereocenters. The van der Waals surface area contributed by atoms with E-state index in [0.29, 0.717) is 0 Å². The van der Waals surface area contributed by atoms with E-state index in [1.165, 1.54) is 11.1 Å². The van der Waals surface area contributed by atoms with Gasteiger partial charge in [-0.1, -0.05) is 6.07 Å². The van der Waals surface area contributed by atoms with Crippen LogP contribution < -0.4 is 10.6 Å². The van der Waals surface area contributed by atoms with Gasteiger partial charge in [-0.3, -0.25) is 0 Å². The maximum absolute atomic E-state index is 5.84. The fourth-order valence-corrected chi connectivity index (χ4v) is 2.33. The molecule has 0 aliphatic carbocycles. The number of hydrogen-bond donors (Lipinski definition) is 1. The lowest BCUT2D eigenvalue weighted by Crippen LogP contribution is -2.31. The summed E-state index contributed by atoms with van der Waals surface area (Å²) in [6.07, 6.45) is 1.03. The van der Waals surface area contributed by atoms with Crippen LogP contribution in [0.5, 0.6) is 0 Å². The van der Waals surface area contributed by atoms with Crippen molar-refractivity contribution in [3.63, 3.8) is 0 Å². The first-order valence-corrected chi connectivity index (χ1v) is 6.15. The molecule has 2 aromatic rings. The quantitative estimate of drug-likeness (QED) is 0.774. The lowest BCUT2D eigenvalue weighted by atomic mass is 9.99. The average Bonchev–Trinajstić information content (AvgIpc) is 2.38. The Morgan fingerprint density at radius 1 is 1.11 bits per heavy atom.